The quantitative estimate of drug-likeness (QED) is 0.845. The second-order valence-electron chi connectivity index (χ2n) is 4.68. The van der Waals surface area contributed by atoms with E-state index in [9.17, 15) is 4.79 Å². The Kier molecular flexibility index (Phi) is 4.77. The minimum absolute atomic E-state index is 0.309. The summed E-state index contributed by atoms with van der Waals surface area (Å²) in [5.74, 6) is -0.309. The summed E-state index contributed by atoms with van der Waals surface area (Å²) in [6.45, 7) is 2.85. The van der Waals surface area contributed by atoms with Crippen LogP contribution >= 0.6 is 0 Å². The van der Waals surface area contributed by atoms with E-state index >= 15 is 0 Å². The number of carbonyl (C=O) groups excluding carboxylic acids is 1. The van der Waals surface area contributed by atoms with Crippen molar-refractivity contribution in [1.29, 1.82) is 0 Å². The van der Waals surface area contributed by atoms with Crippen LogP contribution in [0.5, 0.6) is 0 Å². The number of hydrogen-bond donors (Lipinski definition) is 1. The maximum Gasteiger partial charge on any atom is 0.337 e. The van der Waals surface area contributed by atoms with Gasteiger partial charge in [0.1, 0.15) is 0 Å². The molecule has 0 saturated carbocycles. The Morgan fingerprint density at radius 2 is 1.90 bits per heavy atom. The smallest absolute Gasteiger partial charge is 0.337 e. The Morgan fingerprint density at radius 1 is 1.15 bits per heavy atom. The first-order valence-electron chi connectivity index (χ1n) is 6.67. The second kappa shape index (κ2) is 6.75. The lowest BCUT2D eigenvalue weighted by atomic mass is 10.1. The van der Waals surface area contributed by atoms with Gasteiger partial charge in [0.15, 0.2) is 0 Å². The van der Waals surface area contributed by atoms with E-state index < -0.39 is 0 Å². The van der Waals surface area contributed by atoms with E-state index in [1.807, 2.05) is 37.3 Å². The van der Waals surface area contributed by atoms with Crippen molar-refractivity contribution in [3.8, 4) is 0 Å². The standard InChI is InChI=1S/C17H19NO2/c1-13-8-9-15(17(19)20-2)12-16(13)18-11-10-14-6-4-3-5-7-14/h3-9,12,18H,10-11H2,1-2H3. The number of rotatable bonds is 5. The first kappa shape index (κ1) is 14.1. The van der Waals surface area contributed by atoms with E-state index in [-0.39, 0.29) is 5.97 Å². The molecule has 2 aromatic rings. The molecule has 20 heavy (non-hydrogen) atoms. The van der Waals surface area contributed by atoms with Gasteiger partial charge in [0.2, 0.25) is 0 Å². The fraction of sp³-hybridized carbons (Fsp3) is 0.235. The normalized spacial score (nSPS) is 10.1. The third-order valence-electron chi connectivity index (χ3n) is 3.23. The maximum atomic E-state index is 11.5. The van der Waals surface area contributed by atoms with Gasteiger partial charge in [-0.2, -0.15) is 0 Å². The number of methoxy groups -OCH3 is 1. The van der Waals surface area contributed by atoms with Crippen LogP contribution in [0, 0.1) is 6.92 Å². The summed E-state index contributed by atoms with van der Waals surface area (Å²) in [4.78, 5) is 11.5. The van der Waals surface area contributed by atoms with Crippen molar-refractivity contribution in [3.05, 3.63) is 65.2 Å². The van der Waals surface area contributed by atoms with Crippen LogP contribution < -0.4 is 5.32 Å². The lowest BCUT2D eigenvalue weighted by Crippen LogP contribution is -2.08. The van der Waals surface area contributed by atoms with Crippen LogP contribution in [0.1, 0.15) is 21.5 Å². The molecule has 0 aliphatic rings. The van der Waals surface area contributed by atoms with Crippen LogP contribution in [0.25, 0.3) is 0 Å². The molecule has 1 N–H and O–H groups in total. The first-order valence-corrected chi connectivity index (χ1v) is 6.67. The predicted molar refractivity (Wildman–Crippen MR) is 81.2 cm³/mol. The van der Waals surface area contributed by atoms with E-state index in [0.717, 1.165) is 24.2 Å². The molecule has 3 nitrogen and oxygen atoms in total. The number of esters is 1. The monoisotopic (exact) mass is 269 g/mol. The summed E-state index contributed by atoms with van der Waals surface area (Å²) < 4.78 is 4.74. The molecule has 3 heteroatoms. The molecular formula is C17H19NO2. The Balaban J connectivity index is 2.00. The Labute approximate surface area is 119 Å². The summed E-state index contributed by atoms with van der Waals surface area (Å²) in [5, 5.41) is 3.37. The van der Waals surface area contributed by atoms with Crippen molar-refractivity contribution in [2.24, 2.45) is 0 Å². The SMILES string of the molecule is COC(=O)c1ccc(C)c(NCCc2ccccc2)c1. The zero-order valence-electron chi connectivity index (χ0n) is 11.8. The van der Waals surface area contributed by atoms with E-state index in [2.05, 4.69) is 17.4 Å². The topological polar surface area (TPSA) is 38.3 Å². The van der Waals surface area contributed by atoms with Crippen LogP contribution in [0.15, 0.2) is 48.5 Å². The first-order chi connectivity index (χ1) is 9.70. The minimum Gasteiger partial charge on any atom is -0.465 e. The molecule has 0 unspecified atom stereocenters. The van der Waals surface area contributed by atoms with Gasteiger partial charge in [-0.3, -0.25) is 0 Å². The van der Waals surface area contributed by atoms with Crippen molar-refractivity contribution >= 4 is 11.7 Å². The van der Waals surface area contributed by atoms with E-state index in [1.165, 1.54) is 12.7 Å². The highest BCUT2D eigenvalue weighted by molar-refractivity contribution is 5.90. The molecule has 0 aliphatic heterocycles. The molecule has 0 bridgehead atoms. The molecule has 2 aromatic carbocycles. The molecule has 0 spiro atoms. The molecule has 0 radical (unpaired) electrons. The Hall–Kier alpha value is -2.29. The highest BCUT2D eigenvalue weighted by Gasteiger charge is 2.07. The summed E-state index contributed by atoms with van der Waals surface area (Å²) in [6, 6.07) is 15.9. The third-order valence-corrected chi connectivity index (χ3v) is 3.23. The number of aryl methyl sites for hydroxylation is 1. The van der Waals surface area contributed by atoms with Gasteiger partial charge in [0, 0.05) is 12.2 Å². The number of benzene rings is 2. The average molecular weight is 269 g/mol. The molecule has 0 saturated heterocycles. The predicted octanol–water partition coefficient (Wildman–Crippen LogP) is 3.44. The fourth-order valence-corrected chi connectivity index (χ4v) is 2.04. The molecule has 2 rings (SSSR count). The molecule has 0 atom stereocenters. The summed E-state index contributed by atoms with van der Waals surface area (Å²) in [6.07, 6.45) is 0.947. The van der Waals surface area contributed by atoms with Crippen LogP contribution in [0.4, 0.5) is 5.69 Å². The van der Waals surface area contributed by atoms with Gasteiger partial charge in [0.25, 0.3) is 0 Å². The number of carbonyl (C=O) groups is 1. The Morgan fingerprint density at radius 3 is 2.60 bits per heavy atom. The van der Waals surface area contributed by atoms with Crippen molar-refractivity contribution in [1.82, 2.24) is 0 Å². The van der Waals surface area contributed by atoms with Gasteiger partial charge >= 0.3 is 5.97 Å². The van der Waals surface area contributed by atoms with Crippen LogP contribution in [-0.4, -0.2) is 19.6 Å². The van der Waals surface area contributed by atoms with E-state index in [0.29, 0.717) is 5.56 Å². The highest BCUT2D eigenvalue weighted by Crippen LogP contribution is 2.17. The molecular weight excluding hydrogens is 250 g/mol. The van der Waals surface area contributed by atoms with Crippen molar-refractivity contribution in [3.63, 3.8) is 0 Å². The van der Waals surface area contributed by atoms with Gasteiger partial charge in [-0.1, -0.05) is 36.4 Å². The van der Waals surface area contributed by atoms with Crippen LogP contribution in [-0.2, 0) is 11.2 Å². The zero-order valence-corrected chi connectivity index (χ0v) is 11.8. The second-order valence-corrected chi connectivity index (χ2v) is 4.68. The van der Waals surface area contributed by atoms with Crippen LogP contribution in [0.2, 0.25) is 0 Å². The molecule has 0 aromatic heterocycles. The molecule has 0 heterocycles. The lowest BCUT2D eigenvalue weighted by molar-refractivity contribution is 0.0601. The van der Waals surface area contributed by atoms with Crippen molar-refractivity contribution in [2.75, 3.05) is 19.0 Å². The fourth-order valence-electron chi connectivity index (χ4n) is 2.04. The van der Waals surface area contributed by atoms with Gasteiger partial charge in [-0.05, 0) is 36.6 Å². The maximum absolute atomic E-state index is 11.5. The van der Waals surface area contributed by atoms with Crippen molar-refractivity contribution < 1.29 is 9.53 Å². The van der Waals surface area contributed by atoms with Gasteiger partial charge in [-0.25, -0.2) is 4.79 Å². The van der Waals surface area contributed by atoms with Gasteiger partial charge in [0.05, 0.1) is 12.7 Å². The van der Waals surface area contributed by atoms with Crippen LogP contribution in [0.3, 0.4) is 0 Å². The molecule has 104 valence electrons. The summed E-state index contributed by atoms with van der Waals surface area (Å²) in [7, 11) is 1.39. The molecule has 0 aliphatic carbocycles. The van der Waals surface area contributed by atoms with Crippen molar-refractivity contribution in [2.45, 2.75) is 13.3 Å². The largest absolute Gasteiger partial charge is 0.465 e. The number of anilines is 1. The number of ether oxygens (including phenoxy) is 1. The molecule has 0 fully saturated rings. The zero-order chi connectivity index (χ0) is 14.4. The van der Waals surface area contributed by atoms with E-state index in [1.54, 1.807) is 6.07 Å². The van der Waals surface area contributed by atoms with Gasteiger partial charge < -0.3 is 10.1 Å². The number of nitrogens with one attached hydrogen (secondary N) is 1. The van der Waals surface area contributed by atoms with E-state index in [4.69, 9.17) is 4.74 Å². The van der Waals surface area contributed by atoms with Gasteiger partial charge in [-0.15, -0.1) is 0 Å². The summed E-state index contributed by atoms with van der Waals surface area (Å²) in [5.41, 5.74) is 3.96. The summed E-state index contributed by atoms with van der Waals surface area (Å²) >= 11 is 0. The third kappa shape index (κ3) is 3.60. The Bertz CT molecular complexity index is 579. The average Bonchev–Trinajstić information content (AvgIpc) is 2.49. The highest BCUT2D eigenvalue weighted by atomic mass is 16.5. The lowest BCUT2D eigenvalue weighted by Gasteiger charge is -2.11. The number of hydrogen-bond acceptors (Lipinski definition) is 3. The molecule has 0 amide bonds. The minimum atomic E-state index is -0.309.